The molecular formula is F12P2Pb. The van der Waals surface area contributed by atoms with Gasteiger partial charge in [0.1, 0.15) is 0 Å². The molecule has 0 aromatic heterocycles. The van der Waals surface area contributed by atoms with E-state index in [0.29, 0.717) is 0 Å². The van der Waals surface area contributed by atoms with Gasteiger partial charge in [0.05, 0.1) is 0 Å². The van der Waals surface area contributed by atoms with Gasteiger partial charge in [0.2, 0.25) is 0 Å². The fourth-order valence-electron chi connectivity index (χ4n) is 0. The summed E-state index contributed by atoms with van der Waals surface area (Å²) in [5.41, 5.74) is 0. The third kappa shape index (κ3) is 2820. The van der Waals surface area contributed by atoms with Gasteiger partial charge in [-0.25, -0.2) is 0 Å². The zero-order valence-corrected chi connectivity index (χ0v) is 11.6. The topological polar surface area (TPSA) is 0 Å². The van der Waals surface area contributed by atoms with E-state index >= 15 is 0 Å². The molecule has 0 amide bonds. The first-order chi connectivity index (χ1) is 4.90. The normalized spacial score (nSPS) is 21.6. The van der Waals surface area contributed by atoms with Gasteiger partial charge < -0.3 is 0 Å². The maximum Gasteiger partial charge on any atom is 2.00 e. The van der Waals surface area contributed by atoms with Gasteiger partial charge >= 0.3 is 93.3 Å². The molecule has 0 aliphatic heterocycles. The molecule has 15 heavy (non-hydrogen) atoms. The molecule has 0 saturated heterocycles. The maximum absolute atomic E-state index is 10.7. The molecule has 0 aliphatic rings. The SMILES string of the molecule is F[P-](F)(F)(F)(F)F.F[P-](F)(F)(F)(F)F.[Pb+2]. The van der Waals surface area contributed by atoms with Gasteiger partial charge in [-0.3, -0.25) is 0 Å². The molecular weight excluding hydrogens is 497 g/mol. The Morgan fingerprint density at radius 1 is 0.333 bits per heavy atom. The molecule has 2 radical (unpaired) electrons. The van der Waals surface area contributed by atoms with E-state index in [0.717, 1.165) is 0 Å². The molecule has 0 fully saturated rings. The maximum atomic E-state index is 9.87. The fourth-order valence-corrected chi connectivity index (χ4v) is 0. The predicted molar refractivity (Wildman–Crippen MR) is 32.9 cm³/mol. The molecule has 0 nitrogen and oxygen atoms in total. The van der Waals surface area contributed by atoms with E-state index in [1.54, 1.807) is 0 Å². The van der Waals surface area contributed by atoms with Crippen molar-refractivity contribution in [3.05, 3.63) is 0 Å². The second-order valence-corrected chi connectivity index (χ2v) is 5.75. The molecule has 0 aromatic carbocycles. The summed E-state index contributed by atoms with van der Waals surface area (Å²) in [5, 5.41) is 0. The van der Waals surface area contributed by atoms with Gasteiger partial charge in [-0.15, -0.1) is 0 Å². The quantitative estimate of drug-likeness (QED) is 0.207. The van der Waals surface area contributed by atoms with Crippen LogP contribution in [0.15, 0.2) is 0 Å². The fraction of sp³-hybridized carbons (Fsp3) is 0. The van der Waals surface area contributed by atoms with E-state index in [1.807, 2.05) is 0 Å². The summed E-state index contributed by atoms with van der Waals surface area (Å²) in [4.78, 5) is 0. The van der Waals surface area contributed by atoms with E-state index in [9.17, 15) is 50.4 Å². The van der Waals surface area contributed by atoms with Crippen LogP contribution in [0.3, 0.4) is 0 Å². The summed E-state index contributed by atoms with van der Waals surface area (Å²) in [6.07, 6.45) is 0. The van der Waals surface area contributed by atoms with E-state index in [-0.39, 0.29) is 27.3 Å². The van der Waals surface area contributed by atoms with Crippen molar-refractivity contribution >= 4 is 42.9 Å². The second-order valence-electron chi connectivity index (χ2n) is 1.92. The van der Waals surface area contributed by atoms with Crippen LogP contribution in [0.25, 0.3) is 0 Å². The van der Waals surface area contributed by atoms with Gasteiger partial charge in [-0.1, -0.05) is 0 Å². The molecule has 0 atom stereocenters. The minimum absolute atomic E-state index is 0. The van der Waals surface area contributed by atoms with Crippen molar-refractivity contribution in [2.24, 2.45) is 0 Å². The van der Waals surface area contributed by atoms with Crippen LogP contribution < -0.4 is 0 Å². The Bertz CT molecular complexity index is 161. The predicted octanol–water partition coefficient (Wildman–Crippen LogP) is 6.38. The summed E-state index contributed by atoms with van der Waals surface area (Å²) >= 11 is 0. The molecule has 0 spiro atoms. The van der Waals surface area contributed by atoms with E-state index in [2.05, 4.69) is 0 Å². The summed E-state index contributed by atoms with van der Waals surface area (Å²) in [7, 11) is -21.3. The number of halogens is 12. The first kappa shape index (κ1) is 21.2. The first-order valence-corrected chi connectivity index (χ1v) is 6.09. The van der Waals surface area contributed by atoms with Crippen LogP contribution in [0.4, 0.5) is 50.4 Å². The largest absolute Gasteiger partial charge is 2.00 e. The standard InChI is InChI=1S/2F6P.Pb/c2*1-7(2,3,4,5)6;/q2*-1;+2. The van der Waals surface area contributed by atoms with Crippen molar-refractivity contribution in [3.63, 3.8) is 0 Å². The Morgan fingerprint density at radius 2 is 0.333 bits per heavy atom. The molecule has 0 saturated carbocycles. The van der Waals surface area contributed by atoms with Crippen LogP contribution in [-0.2, 0) is 0 Å². The Hall–Kier alpha value is 0.942. The zero-order valence-electron chi connectivity index (χ0n) is 5.93. The molecule has 0 unspecified atom stereocenters. The molecule has 0 aromatic rings. The van der Waals surface area contributed by atoms with Crippen molar-refractivity contribution in [2.45, 2.75) is 0 Å². The van der Waals surface area contributed by atoms with Gasteiger partial charge in [0.25, 0.3) is 0 Å². The van der Waals surface area contributed by atoms with Crippen LogP contribution in [0.5, 0.6) is 0 Å². The summed E-state index contributed by atoms with van der Waals surface area (Å²) < 4.78 is 118. The summed E-state index contributed by atoms with van der Waals surface area (Å²) in [6.45, 7) is 0. The molecule has 0 N–H and O–H groups in total. The number of hydrogen-bond donors (Lipinski definition) is 0. The van der Waals surface area contributed by atoms with Crippen LogP contribution in [0, 0.1) is 0 Å². The third-order valence-corrected chi connectivity index (χ3v) is 0. The van der Waals surface area contributed by atoms with Crippen LogP contribution in [0.2, 0.25) is 0 Å². The van der Waals surface area contributed by atoms with Crippen LogP contribution in [0.1, 0.15) is 0 Å². The third-order valence-electron chi connectivity index (χ3n) is 0. The Kier molecular flexibility index (Phi) is 4.30. The average Bonchev–Trinajstić information content (AvgIpc) is 0.938. The smallest absolute Gasteiger partial charge is 2.00 e. The second kappa shape index (κ2) is 3.03. The minimum atomic E-state index is -10.7. The molecule has 0 bridgehead atoms. The van der Waals surface area contributed by atoms with E-state index < -0.39 is 15.6 Å². The zero-order chi connectivity index (χ0) is 12.8. The molecule has 15 heteroatoms. The number of hydrogen-bond acceptors (Lipinski definition) is 0. The monoisotopic (exact) mass is 498 g/mol. The number of rotatable bonds is 0. The summed E-state index contributed by atoms with van der Waals surface area (Å²) in [6, 6.07) is 0. The van der Waals surface area contributed by atoms with Crippen molar-refractivity contribution in [2.75, 3.05) is 0 Å². The van der Waals surface area contributed by atoms with E-state index in [4.69, 9.17) is 0 Å². The molecule has 98 valence electrons. The average molecular weight is 497 g/mol. The van der Waals surface area contributed by atoms with Crippen molar-refractivity contribution in [3.8, 4) is 0 Å². The van der Waals surface area contributed by atoms with Crippen molar-refractivity contribution < 1.29 is 50.4 Å². The van der Waals surface area contributed by atoms with Gasteiger partial charge in [0.15, 0.2) is 0 Å². The van der Waals surface area contributed by atoms with Gasteiger partial charge in [-0.05, 0) is 0 Å². The Morgan fingerprint density at radius 3 is 0.333 bits per heavy atom. The van der Waals surface area contributed by atoms with Crippen LogP contribution in [-0.4, -0.2) is 27.3 Å². The van der Waals surface area contributed by atoms with Gasteiger partial charge in [-0.2, -0.15) is 0 Å². The van der Waals surface area contributed by atoms with Crippen molar-refractivity contribution in [1.82, 2.24) is 0 Å². The van der Waals surface area contributed by atoms with E-state index in [1.165, 1.54) is 0 Å². The minimum Gasteiger partial charge on any atom is 2.00 e. The molecule has 0 aliphatic carbocycles. The first-order valence-electron chi connectivity index (χ1n) is 2.03. The van der Waals surface area contributed by atoms with Crippen molar-refractivity contribution in [1.29, 1.82) is 0 Å². The summed E-state index contributed by atoms with van der Waals surface area (Å²) in [5.74, 6) is 0. The van der Waals surface area contributed by atoms with Gasteiger partial charge in [0, 0.05) is 0 Å². The molecule has 0 rings (SSSR count). The molecule has 0 heterocycles. The Balaban J connectivity index is -0.000000180. The van der Waals surface area contributed by atoms with Crippen LogP contribution >= 0.6 is 15.6 Å². The Labute approximate surface area is 93.6 Å².